The SMILES string of the molecule is COC(=O)c1ccc(CCC(C=Cc2ccccc2OCCCCCCl)Cc2ccc(C(=O)OC)cc2)cc1. The van der Waals surface area contributed by atoms with Crippen LogP contribution in [0.1, 0.15) is 63.1 Å². The van der Waals surface area contributed by atoms with Crippen LogP contribution in [0.5, 0.6) is 5.75 Å². The molecule has 3 rings (SSSR count). The molecular formula is C33H37ClO5. The van der Waals surface area contributed by atoms with Gasteiger partial charge in [0.05, 0.1) is 32.0 Å². The molecule has 0 aliphatic carbocycles. The predicted octanol–water partition coefficient (Wildman–Crippen LogP) is 7.55. The third-order valence-electron chi connectivity index (χ3n) is 6.55. The molecule has 0 fully saturated rings. The Morgan fingerprint density at radius 2 is 1.41 bits per heavy atom. The summed E-state index contributed by atoms with van der Waals surface area (Å²) in [4.78, 5) is 23.6. The molecule has 6 heteroatoms. The zero-order chi connectivity index (χ0) is 27.9. The molecule has 0 heterocycles. The number of carbonyl (C=O) groups excluding carboxylic acids is 2. The van der Waals surface area contributed by atoms with Crippen LogP contribution in [0.25, 0.3) is 6.08 Å². The van der Waals surface area contributed by atoms with E-state index in [2.05, 4.69) is 18.2 Å². The summed E-state index contributed by atoms with van der Waals surface area (Å²) in [6.45, 7) is 0.666. The Bertz CT molecular complexity index is 1200. The first-order valence-electron chi connectivity index (χ1n) is 13.3. The van der Waals surface area contributed by atoms with Crippen molar-refractivity contribution in [3.8, 4) is 5.75 Å². The number of unbranched alkanes of at least 4 members (excludes halogenated alkanes) is 2. The Balaban J connectivity index is 1.73. The van der Waals surface area contributed by atoms with Gasteiger partial charge in [-0.25, -0.2) is 9.59 Å². The van der Waals surface area contributed by atoms with Gasteiger partial charge in [-0.3, -0.25) is 0 Å². The molecule has 0 radical (unpaired) electrons. The Morgan fingerprint density at radius 3 is 2.03 bits per heavy atom. The Labute approximate surface area is 236 Å². The molecule has 5 nitrogen and oxygen atoms in total. The number of halogens is 1. The van der Waals surface area contributed by atoms with Crippen molar-refractivity contribution in [3.63, 3.8) is 0 Å². The lowest BCUT2D eigenvalue weighted by atomic mass is 9.91. The van der Waals surface area contributed by atoms with Crippen molar-refractivity contribution in [3.05, 3.63) is 107 Å². The second-order valence-electron chi connectivity index (χ2n) is 9.37. The van der Waals surface area contributed by atoms with Gasteiger partial charge in [-0.1, -0.05) is 54.6 Å². The quantitative estimate of drug-likeness (QED) is 0.111. The maximum Gasteiger partial charge on any atom is 0.337 e. The normalized spacial score (nSPS) is 11.8. The zero-order valence-corrected chi connectivity index (χ0v) is 23.5. The van der Waals surface area contributed by atoms with E-state index in [0.29, 0.717) is 23.6 Å². The fourth-order valence-corrected chi connectivity index (χ4v) is 4.48. The molecule has 0 amide bonds. The van der Waals surface area contributed by atoms with Crippen LogP contribution in [0.2, 0.25) is 0 Å². The average molecular weight is 549 g/mol. The number of esters is 2. The third kappa shape index (κ3) is 9.92. The van der Waals surface area contributed by atoms with Crippen LogP contribution in [0.3, 0.4) is 0 Å². The summed E-state index contributed by atoms with van der Waals surface area (Å²) in [6.07, 6.45) is 10.0. The summed E-state index contributed by atoms with van der Waals surface area (Å²) in [5.41, 5.74) is 4.42. The van der Waals surface area contributed by atoms with Gasteiger partial charge in [0.1, 0.15) is 5.75 Å². The van der Waals surface area contributed by atoms with Crippen LogP contribution >= 0.6 is 11.6 Å². The number of aryl methyl sites for hydroxylation is 1. The molecule has 0 aromatic heterocycles. The number of carbonyl (C=O) groups is 2. The fourth-order valence-electron chi connectivity index (χ4n) is 4.29. The van der Waals surface area contributed by atoms with E-state index in [1.807, 2.05) is 42.5 Å². The molecule has 1 atom stereocenters. The van der Waals surface area contributed by atoms with E-state index >= 15 is 0 Å². The number of allylic oxidation sites excluding steroid dienone is 1. The van der Waals surface area contributed by atoms with Gasteiger partial charge in [0.25, 0.3) is 0 Å². The molecule has 3 aromatic rings. The van der Waals surface area contributed by atoms with E-state index < -0.39 is 0 Å². The summed E-state index contributed by atoms with van der Waals surface area (Å²) in [7, 11) is 2.77. The predicted molar refractivity (Wildman–Crippen MR) is 157 cm³/mol. The standard InChI is InChI=1S/C33H37ClO5/c1-37-32(35)29-18-12-25(13-19-29)10-11-26(24-27-15-20-30(21-16-27)33(36)38-2)14-17-28-8-4-5-9-31(28)39-23-7-3-6-22-34/h4-5,8-9,12-21,26H,3,6-7,10-11,22-24H2,1-2H3. The summed E-state index contributed by atoms with van der Waals surface area (Å²) < 4.78 is 15.7. The van der Waals surface area contributed by atoms with E-state index in [1.54, 1.807) is 24.3 Å². The highest BCUT2D eigenvalue weighted by atomic mass is 35.5. The fraction of sp³-hybridized carbons (Fsp3) is 0.333. The van der Waals surface area contributed by atoms with Crippen LogP contribution < -0.4 is 4.74 Å². The average Bonchev–Trinajstić information content (AvgIpc) is 2.98. The van der Waals surface area contributed by atoms with E-state index in [-0.39, 0.29) is 17.9 Å². The molecule has 0 saturated carbocycles. The lowest BCUT2D eigenvalue weighted by Crippen LogP contribution is -2.06. The van der Waals surface area contributed by atoms with Crippen LogP contribution in [-0.4, -0.2) is 38.6 Å². The monoisotopic (exact) mass is 548 g/mol. The van der Waals surface area contributed by atoms with Crippen molar-refractivity contribution in [1.29, 1.82) is 0 Å². The molecule has 0 saturated heterocycles. The molecule has 0 bridgehead atoms. The summed E-state index contributed by atoms with van der Waals surface area (Å²) in [5, 5.41) is 0. The summed E-state index contributed by atoms with van der Waals surface area (Å²) >= 11 is 5.78. The number of methoxy groups -OCH3 is 2. The zero-order valence-electron chi connectivity index (χ0n) is 22.7. The number of para-hydroxylation sites is 1. The summed E-state index contributed by atoms with van der Waals surface area (Å²) in [5.74, 6) is 1.12. The maximum atomic E-state index is 11.8. The molecule has 1 unspecified atom stereocenters. The van der Waals surface area contributed by atoms with E-state index in [1.165, 1.54) is 14.2 Å². The maximum absolute atomic E-state index is 11.8. The number of ether oxygens (including phenoxy) is 3. The molecule has 0 spiro atoms. The van der Waals surface area contributed by atoms with Crippen molar-refractivity contribution in [2.75, 3.05) is 26.7 Å². The molecule has 0 N–H and O–H groups in total. The van der Waals surface area contributed by atoms with Crippen molar-refractivity contribution in [2.45, 2.75) is 38.5 Å². The largest absolute Gasteiger partial charge is 0.493 e. The molecule has 206 valence electrons. The topological polar surface area (TPSA) is 61.8 Å². The van der Waals surface area contributed by atoms with E-state index in [0.717, 1.165) is 61.0 Å². The smallest absolute Gasteiger partial charge is 0.337 e. The molecule has 0 aliphatic rings. The van der Waals surface area contributed by atoms with Crippen LogP contribution in [0.15, 0.2) is 78.9 Å². The van der Waals surface area contributed by atoms with Crippen LogP contribution in [0.4, 0.5) is 0 Å². The second kappa shape index (κ2) is 16.4. The van der Waals surface area contributed by atoms with Gasteiger partial charge < -0.3 is 14.2 Å². The molecule has 0 aliphatic heterocycles. The second-order valence-corrected chi connectivity index (χ2v) is 9.75. The van der Waals surface area contributed by atoms with Gasteiger partial charge in [-0.15, -0.1) is 11.6 Å². The Hall–Kier alpha value is -3.57. The van der Waals surface area contributed by atoms with Gasteiger partial charge in [-0.05, 0) is 85.9 Å². The lowest BCUT2D eigenvalue weighted by Gasteiger charge is -2.15. The minimum atomic E-state index is -0.340. The van der Waals surface area contributed by atoms with Crippen LogP contribution in [-0.2, 0) is 22.3 Å². The number of rotatable bonds is 15. The van der Waals surface area contributed by atoms with Crippen molar-refractivity contribution in [1.82, 2.24) is 0 Å². The van der Waals surface area contributed by atoms with Crippen molar-refractivity contribution < 1.29 is 23.8 Å². The van der Waals surface area contributed by atoms with Crippen LogP contribution in [0, 0.1) is 5.92 Å². The highest BCUT2D eigenvalue weighted by Crippen LogP contribution is 2.24. The molecular weight excluding hydrogens is 512 g/mol. The number of hydrogen-bond acceptors (Lipinski definition) is 5. The first-order valence-corrected chi connectivity index (χ1v) is 13.9. The van der Waals surface area contributed by atoms with Gasteiger partial charge in [0, 0.05) is 11.4 Å². The summed E-state index contributed by atoms with van der Waals surface area (Å²) in [6, 6.07) is 23.2. The number of benzene rings is 3. The van der Waals surface area contributed by atoms with E-state index in [9.17, 15) is 9.59 Å². The van der Waals surface area contributed by atoms with Gasteiger partial charge in [0.2, 0.25) is 0 Å². The number of hydrogen-bond donors (Lipinski definition) is 0. The minimum Gasteiger partial charge on any atom is -0.493 e. The van der Waals surface area contributed by atoms with Gasteiger partial charge in [-0.2, -0.15) is 0 Å². The Morgan fingerprint density at radius 1 is 0.795 bits per heavy atom. The number of alkyl halides is 1. The lowest BCUT2D eigenvalue weighted by molar-refractivity contribution is 0.0592. The Kier molecular flexibility index (Phi) is 12.6. The highest BCUT2D eigenvalue weighted by molar-refractivity contribution is 6.17. The van der Waals surface area contributed by atoms with Crippen molar-refractivity contribution in [2.24, 2.45) is 5.92 Å². The highest BCUT2D eigenvalue weighted by Gasteiger charge is 2.11. The first kappa shape index (κ1) is 30.0. The molecule has 3 aromatic carbocycles. The minimum absolute atomic E-state index is 0.242. The first-order chi connectivity index (χ1) is 19.0. The molecule has 39 heavy (non-hydrogen) atoms. The van der Waals surface area contributed by atoms with Gasteiger partial charge in [0.15, 0.2) is 0 Å². The van der Waals surface area contributed by atoms with E-state index in [4.69, 9.17) is 25.8 Å². The van der Waals surface area contributed by atoms with Crippen molar-refractivity contribution >= 4 is 29.6 Å². The third-order valence-corrected chi connectivity index (χ3v) is 6.82. The van der Waals surface area contributed by atoms with Gasteiger partial charge >= 0.3 is 11.9 Å².